The standard InChI is InChI=1S/C25H34FN3O3/c1-3-4-5-6-7-8-9-24(30)27-18-19-29(22-14-10-20(26)11-15-22)25(31)28-21-12-16-23(32-2)17-13-21/h10-17H,3-9,18-19H2,1-2H3,(H,27,30)(H,28,31). The first-order valence-electron chi connectivity index (χ1n) is 11.3. The number of ether oxygens (including phenoxy) is 1. The number of methoxy groups -OCH3 is 1. The first-order chi connectivity index (χ1) is 15.5. The number of unbranched alkanes of at least 4 members (excludes halogenated alkanes) is 5. The molecule has 0 saturated carbocycles. The molecule has 7 heteroatoms. The lowest BCUT2D eigenvalue weighted by atomic mass is 10.1. The van der Waals surface area contributed by atoms with Crippen LogP contribution in [-0.2, 0) is 4.79 Å². The summed E-state index contributed by atoms with van der Waals surface area (Å²) in [5.74, 6) is 0.290. The monoisotopic (exact) mass is 443 g/mol. The van der Waals surface area contributed by atoms with E-state index in [-0.39, 0.29) is 24.3 Å². The van der Waals surface area contributed by atoms with Crippen LogP contribution in [-0.4, -0.2) is 32.1 Å². The maximum atomic E-state index is 13.4. The molecule has 32 heavy (non-hydrogen) atoms. The lowest BCUT2D eigenvalue weighted by molar-refractivity contribution is -0.121. The smallest absolute Gasteiger partial charge is 0.326 e. The number of hydrogen-bond acceptors (Lipinski definition) is 3. The Balaban J connectivity index is 1.89. The highest BCUT2D eigenvalue weighted by molar-refractivity contribution is 6.01. The highest BCUT2D eigenvalue weighted by Crippen LogP contribution is 2.19. The molecule has 174 valence electrons. The molecule has 0 saturated heterocycles. The minimum Gasteiger partial charge on any atom is -0.497 e. The van der Waals surface area contributed by atoms with Crippen molar-refractivity contribution in [2.45, 2.75) is 51.9 Å². The molecule has 3 amide bonds. The molecule has 0 spiro atoms. The Hall–Kier alpha value is -3.09. The topological polar surface area (TPSA) is 70.7 Å². The van der Waals surface area contributed by atoms with Crippen LogP contribution in [0.15, 0.2) is 48.5 Å². The molecule has 0 heterocycles. The summed E-state index contributed by atoms with van der Waals surface area (Å²) in [6.45, 7) is 2.75. The molecule has 2 N–H and O–H groups in total. The van der Waals surface area contributed by atoms with Crippen LogP contribution in [0.25, 0.3) is 0 Å². The summed E-state index contributed by atoms with van der Waals surface area (Å²) in [7, 11) is 1.57. The zero-order valence-corrected chi connectivity index (χ0v) is 19.0. The summed E-state index contributed by atoms with van der Waals surface area (Å²) >= 11 is 0. The Morgan fingerprint density at radius 2 is 1.59 bits per heavy atom. The molecule has 0 unspecified atom stereocenters. The van der Waals surface area contributed by atoms with E-state index in [1.54, 1.807) is 43.5 Å². The number of carbonyl (C=O) groups excluding carboxylic acids is 2. The number of nitrogens with one attached hydrogen (secondary N) is 2. The van der Waals surface area contributed by atoms with Crippen LogP contribution in [0.1, 0.15) is 51.9 Å². The molecule has 2 aromatic carbocycles. The summed E-state index contributed by atoms with van der Waals surface area (Å²) < 4.78 is 18.5. The Kier molecular flexibility index (Phi) is 11.1. The SMILES string of the molecule is CCCCCCCCC(=O)NCCN(C(=O)Nc1ccc(OC)cc1)c1ccc(F)cc1. The number of anilines is 2. The van der Waals surface area contributed by atoms with Crippen molar-refractivity contribution in [2.24, 2.45) is 0 Å². The molecule has 0 aliphatic rings. The fraction of sp³-hybridized carbons (Fsp3) is 0.440. The van der Waals surface area contributed by atoms with E-state index >= 15 is 0 Å². The zero-order chi connectivity index (χ0) is 23.2. The van der Waals surface area contributed by atoms with Gasteiger partial charge in [0.1, 0.15) is 11.6 Å². The van der Waals surface area contributed by atoms with Crippen LogP contribution in [0.4, 0.5) is 20.6 Å². The van der Waals surface area contributed by atoms with Crippen molar-refractivity contribution < 1.29 is 18.7 Å². The van der Waals surface area contributed by atoms with Gasteiger partial charge >= 0.3 is 6.03 Å². The van der Waals surface area contributed by atoms with E-state index in [0.29, 0.717) is 30.1 Å². The van der Waals surface area contributed by atoms with Gasteiger partial charge in [-0.15, -0.1) is 0 Å². The van der Waals surface area contributed by atoms with Crippen molar-refractivity contribution >= 4 is 23.3 Å². The summed E-state index contributed by atoms with van der Waals surface area (Å²) in [6.07, 6.45) is 7.23. The van der Waals surface area contributed by atoms with Crippen molar-refractivity contribution in [1.29, 1.82) is 0 Å². The molecule has 0 fully saturated rings. The number of halogens is 1. The quantitative estimate of drug-likeness (QED) is 0.388. The number of rotatable bonds is 13. The van der Waals surface area contributed by atoms with Gasteiger partial charge in [0.15, 0.2) is 0 Å². The number of nitrogens with zero attached hydrogens (tertiary/aromatic N) is 1. The van der Waals surface area contributed by atoms with Gasteiger partial charge < -0.3 is 15.4 Å². The molecule has 6 nitrogen and oxygen atoms in total. The fourth-order valence-corrected chi connectivity index (χ4v) is 3.30. The molecule has 0 bridgehead atoms. The number of benzene rings is 2. The first kappa shape index (κ1) is 25.2. The van der Waals surface area contributed by atoms with Gasteiger partial charge in [-0.1, -0.05) is 39.0 Å². The Labute approximate surface area is 190 Å². The number of urea groups is 1. The molecule has 0 atom stereocenters. The molecule has 0 aliphatic heterocycles. The minimum absolute atomic E-state index is 0.0184. The average molecular weight is 444 g/mol. The third-order valence-corrected chi connectivity index (χ3v) is 5.14. The maximum absolute atomic E-state index is 13.4. The molecular formula is C25H34FN3O3. The van der Waals surface area contributed by atoms with Gasteiger partial charge in [0.05, 0.1) is 7.11 Å². The summed E-state index contributed by atoms with van der Waals surface area (Å²) in [6, 6.07) is 12.3. The molecule has 0 aromatic heterocycles. The molecule has 2 rings (SSSR count). The Bertz CT molecular complexity index is 825. The fourth-order valence-electron chi connectivity index (χ4n) is 3.30. The van der Waals surface area contributed by atoms with Crippen LogP contribution in [0.5, 0.6) is 5.75 Å². The van der Waals surface area contributed by atoms with E-state index in [1.165, 1.54) is 36.3 Å². The van der Waals surface area contributed by atoms with Crippen LogP contribution >= 0.6 is 0 Å². The van der Waals surface area contributed by atoms with Gasteiger partial charge in [-0.05, 0) is 55.0 Å². The third-order valence-electron chi connectivity index (χ3n) is 5.14. The van der Waals surface area contributed by atoms with Gasteiger partial charge in [-0.3, -0.25) is 9.69 Å². The minimum atomic E-state index is -0.378. The summed E-state index contributed by atoms with van der Waals surface area (Å²) in [5.41, 5.74) is 1.15. The third kappa shape index (κ3) is 8.96. The molecule has 0 aliphatic carbocycles. The van der Waals surface area contributed by atoms with Crippen LogP contribution in [0, 0.1) is 5.82 Å². The lowest BCUT2D eigenvalue weighted by Gasteiger charge is -2.23. The van der Waals surface area contributed by atoms with Crippen LogP contribution < -0.4 is 20.3 Å². The van der Waals surface area contributed by atoms with E-state index in [9.17, 15) is 14.0 Å². The Morgan fingerprint density at radius 1 is 0.938 bits per heavy atom. The number of carbonyl (C=O) groups is 2. The normalized spacial score (nSPS) is 10.5. The number of hydrogen-bond donors (Lipinski definition) is 2. The van der Waals surface area contributed by atoms with Crippen LogP contribution in [0.3, 0.4) is 0 Å². The van der Waals surface area contributed by atoms with Gasteiger partial charge in [0.2, 0.25) is 5.91 Å². The average Bonchev–Trinajstić information content (AvgIpc) is 2.80. The van der Waals surface area contributed by atoms with E-state index in [2.05, 4.69) is 17.6 Å². The van der Waals surface area contributed by atoms with Gasteiger partial charge in [-0.2, -0.15) is 0 Å². The van der Waals surface area contributed by atoms with Gasteiger partial charge in [0.25, 0.3) is 0 Å². The molecule has 2 aromatic rings. The maximum Gasteiger partial charge on any atom is 0.326 e. The highest BCUT2D eigenvalue weighted by atomic mass is 19.1. The van der Waals surface area contributed by atoms with E-state index in [1.807, 2.05) is 0 Å². The second kappa shape index (κ2) is 14.1. The zero-order valence-electron chi connectivity index (χ0n) is 19.0. The lowest BCUT2D eigenvalue weighted by Crippen LogP contribution is -2.41. The van der Waals surface area contributed by atoms with Gasteiger partial charge in [0, 0.05) is 30.9 Å². The van der Waals surface area contributed by atoms with Crippen LogP contribution in [0.2, 0.25) is 0 Å². The second-order valence-electron chi connectivity index (χ2n) is 7.65. The Morgan fingerprint density at radius 3 is 2.25 bits per heavy atom. The largest absolute Gasteiger partial charge is 0.497 e. The molecule has 0 radical (unpaired) electrons. The van der Waals surface area contributed by atoms with E-state index in [0.717, 1.165) is 19.3 Å². The highest BCUT2D eigenvalue weighted by Gasteiger charge is 2.16. The van der Waals surface area contributed by atoms with Crippen molar-refractivity contribution in [3.8, 4) is 5.75 Å². The van der Waals surface area contributed by atoms with E-state index < -0.39 is 0 Å². The summed E-state index contributed by atoms with van der Waals surface area (Å²) in [5, 5.41) is 5.71. The predicted molar refractivity (Wildman–Crippen MR) is 127 cm³/mol. The van der Waals surface area contributed by atoms with E-state index in [4.69, 9.17) is 4.74 Å². The van der Waals surface area contributed by atoms with Crippen molar-refractivity contribution in [3.63, 3.8) is 0 Å². The second-order valence-corrected chi connectivity index (χ2v) is 7.65. The predicted octanol–water partition coefficient (Wildman–Crippen LogP) is 5.74. The van der Waals surface area contributed by atoms with Crippen molar-refractivity contribution in [2.75, 3.05) is 30.4 Å². The van der Waals surface area contributed by atoms with Crippen molar-refractivity contribution in [3.05, 3.63) is 54.3 Å². The summed E-state index contributed by atoms with van der Waals surface area (Å²) in [4.78, 5) is 26.5. The molecular weight excluding hydrogens is 409 g/mol. The van der Waals surface area contributed by atoms with Crippen molar-refractivity contribution in [1.82, 2.24) is 5.32 Å². The number of amides is 3. The van der Waals surface area contributed by atoms with Gasteiger partial charge in [-0.25, -0.2) is 9.18 Å². The first-order valence-corrected chi connectivity index (χ1v) is 11.3.